The summed E-state index contributed by atoms with van der Waals surface area (Å²) in [5.74, 6) is 1.12. The molecule has 0 fully saturated rings. The van der Waals surface area contributed by atoms with Gasteiger partial charge in [0.2, 0.25) is 0 Å². The molecule has 0 aromatic heterocycles. The summed E-state index contributed by atoms with van der Waals surface area (Å²) in [5.41, 5.74) is 0.723. The number of carbonyl (C=O) groups is 1. The lowest BCUT2D eigenvalue weighted by atomic mass is 10.2. The molecule has 5 heteroatoms. The number of benzene rings is 1. The summed E-state index contributed by atoms with van der Waals surface area (Å²) >= 11 is 0. The molecule has 0 heterocycles. The van der Waals surface area contributed by atoms with Crippen LogP contribution in [0, 0.1) is 0 Å². The van der Waals surface area contributed by atoms with Crippen molar-refractivity contribution < 1.29 is 19.0 Å². The van der Waals surface area contributed by atoms with Crippen molar-refractivity contribution in [2.45, 2.75) is 20.8 Å². The molecule has 0 radical (unpaired) electrons. The fraction of sp³-hybridized carbons (Fsp3) is 0.500. The Hall–Kier alpha value is -1.91. The number of nitrogens with one attached hydrogen (secondary N) is 1. The molecule has 1 rings (SSSR count). The van der Waals surface area contributed by atoms with Crippen LogP contribution in [0.15, 0.2) is 18.2 Å². The highest BCUT2D eigenvalue weighted by Crippen LogP contribution is 2.29. The first-order chi connectivity index (χ1) is 9.21. The maximum atomic E-state index is 11.3. The Balaban J connectivity index is 2.75. The third-order valence-corrected chi connectivity index (χ3v) is 2.29. The van der Waals surface area contributed by atoms with E-state index in [1.54, 1.807) is 6.92 Å². The molecule has 0 saturated carbocycles. The van der Waals surface area contributed by atoms with E-state index in [0.717, 1.165) is 11.4 Å². The topological polar surface area (TPSA) is 56.8 Å². The molecule has 5 nitrogen and oxygen atoms in total. The molecule has 0 aliphatic heterocycles. The lowest BCUT2D eigenvalue weighted by Gasteiger charge is -2.13. The minimum atomic E-state index is -0.299. The van der Waals surface area contributed by atoms with Gasteiger partial charge in [0.25, 0.3) is 0 Å². The van der Waals surface area contributed by atoms with Crippen LogP contribution >= 0.6 is 0 Å². The van der Waals surface area contributed by atoms with Crippen LogP contribution in [0.2, 0.25) is 0 Å². The van der Waals surface area contributed by atoms with Crippen LogP contribution < -0.4 is 14.8 Å². The molecule has 0 saturated heterocycles. The Kier molecular flexibility index (Phi) is 6.57. The van der Waals surface area contributed by atoms with Gasteiger partial charge in [-0.2, -0.15) is 0 Å². The molecule has 0 aliphatic carbocycles. The highest BCUT2D eigenvalue weighted by molar-refractivity contribution is 5.76. The molecule has 0 aliphatic rings. The van der Waals surface area contributed by atoms with Crippen LogP contribution in [-0.2, 0) is 9.53 Å². The molecular formula is C14H21NO4. The van der Waals surface area contributed by atoms with Crippen molar-refractivity contribution in [2.24, 2.45) is 0 Å². The predicted octanol–water partition coefficient (Wildman–Crippen LogP) is 2.46. The highest BCUT2D eigenvalue weighted by Gasteiger charge is 2.08. The predicted molar refractivity (Wildman–Crippen MR) is 73.9 cm³/mol. The molecule has 0 atom stereocenters. The first-order valence-electron chi connectivity index (χ1n) is 6.50. The van der Waals surface area contributed by atoms with Gasteiger partial charge in [0.15, 0.2) is 0 Å². The van der Waals surface area contributed by atoms with Crippen molar-refractivity contribution in [1.82, 2.24) is 0 Å². The molecular weight excluding hydrogens is 246 g/mol. The second kappa shape index (κ2) is 8.24. The van der Waals surface area contributed by atoms with Gasteiger partial charge in [0.1, 0.15) is 18.0 Å². The summed E-state index contributed by atoms with van der Waals surface area (Å²) in [4.78, 5) is 11.3. The zero-order valence-corrected chi connectivity index (χ0v) is 11.7. The summed E-state index contributed by atoms with van der Waals surface area (Å²) in [6.45, 7) is 7.22. The summed E-state index contributed by atoms with van der Waals surface area (Å²) < 4.78 is 15.8. The number of ether oxygens (including phenoxy) is 3. The average Bonchev–Trinajstić information content (AvgIpc) is 2.40. The van der Waals surface area contributed by atoms with Gasteiger partial charge in [-0.1, -0.05) is 0 Å². The molecule has 19 heavy (non-hydrogen) atoms. The van der Waals surface area contributed by atoms with Crippen LogP contribution in [0.1, 0.15) is 20.8 Å². The largest absolute Gasteiger partial charge is 0.494 e. The molecule has 1 aromatic rings. The quantitative estimate of drug-likeness (QED) is 0.733. The second-order valence-electron chi connectivity index (χ2n) is 3.68. The number of hydrogen-bond acceptors (Lipinski definition) is 5. The van der Waals surface area contributed by atoms with Gasteiger partial charge in [0, 0.05) is 6.07 Å². The first-order valence-corrected chi connectivity index (χ1v) is 6.50. The number of hydrogen-bond donors (Lipinski definition) is 1. The van der Waals surface area contributed by atoms with E-state index in [1.807, 2.05) is 32.0 Å². The van der Waals surface area contributed by atoms with Crippen LogP contribution in [0.4, 0.5) is 5.69 Å². The molecule has 0 unspecified atom stereocenters. The third kappa shape index (κ3) is 5.07. The zero-order chi connectivity index (χ0) is 14.1. The van der Waals surface area contributed by atoms with Crippen molar-refractivity contribution in [1.29, 1.82) is 0 Å². The van der Waals surface area contributed by atoms with Gasteiger partial charge in [-0.15, -0.1) is 0 Å². The highest BCUT2D eigenvalue weighted by atomic mass is 16.5. The van der Waals surface area contributed by atoms with Crippen molar-refractivity contribution in [2.75, 3.05) is 31.7 Å². The summed E-state index contributed by atoms with van der Waals surface area (Å²) in [5, 5.41) is 3.00. The van der Waals surface area contributed by atoms with Gasteiger partial charge >= 0.3 is 5.97 Å². The van der Waals surface area contributed by atoms with Crippen molar-refractivity contribution in [3.63, 3.8) is 0 Å². The van der Waals surface area contributed by atoms with E-state index in [4.69, 9.17) is 14.2 Å². The van der Waals surface area contributed by atoms with Gasteiger partial charge in [-0.3, -0.25) is 4.79 Å². The Morgan fingerprint density at radius 2 is 1.84 bits per heavy atom. The Morgan fingerprint density at radius 1 is 1.11 bits per heavy atom. The smallest absolute Gasteiger partial charge is 0.325 e. The van der Waals surface area contributed by atoms with Crippen molar-refractivity contribution in [3.05, 3.63) is 18.2 Å². The maximum Gasteiger partial charge on any atom is 0.325 e. The van der Waals surface area contributed by atoms with Crippen molar-refractivity contribution >= 4 is 11.7 Å². The monoisotopic (exact) mass is 267 g/mol. The van der Waals surface area contributed by atoms with E-state index >= 15 is 0 Å². The third-order valence-electron chi connectivity index (χ3n) is 2.29. The number of carbonyl (C=O) groups excluding carboxylic acids is 1. The minimum absolute atomic E-state index is 0.101. The van der Waals surface area contributed by atoms with Crippen LogP contribution in [0.25, 0.3) is 0 Å². The lowest BCUT2D eigenvalue weighted by molar-refractivity contribution is -0.140. The molecule has 106 valence electrons. The SMILES string of the molecule is CCOC(=O)CNc1cc(OCC)ccc1OCC. The Labute approximate surface area is 113 Å². The van der Waals surface area contributed by atoms with E-state index in [-0.39, 0.29) is 12.5 Å². The summed E-state index contributed by atoms with van der Waals surface area (Å²) in [6.07, 6.45) is 0. The molecule has 0 amide bonds. The number of esters is 1. The summed E-state index contributed by atoms with van der Waals surface area (Å²) in [7, 11) is 0. The Morgan fingerprint density at radius 3 is 2.47 bits per heavy atom. The average molecular weight is 267 g/mol. The van der Waals surface area contributed by atoms with E-state index < -0.39 is 0 Å². The molecule has 0 bridgehead atoms. The van der Waals surface area contributed by atoms with Gasteiger partial charge in [-0.25, -0.2) is 0 Å². The minimum Gasteiger partial charge on any atom is -0.494 e. The maximum absolute atomic E-state index is 11.3. The van der Waals surface area contributed by atoms with E-state index in [9.17, 15) is 4.79 Å². The number of rotatable bonds is 8. The molecule has 0 spiro atoms. The summed E-state index contributed by atoms with van der Waals surface area (Å²) in [6, 6.07) is 5.47. The first kappa shape index (κ1) is 15.1. The van der Waals surface area contributed by atoms with Crippen LogP contribution in [0.5, 0.6) is 11.5 Å². The zero-order valence-electron chi connectivity index (χ0n) is 11.7. The lowest BCUT2D eigenvalue weighted by Crippen LogP contribution is -2.17. The van der Waals surface area contributed by atoms with Gasteiger partial charge in [-0.05, 0) is 32.9 Å². The van der Waals surface area contributed by atoms with Crippen LogP contribution in [-0.4, -0.2) is 32.3 Å². The fourth-order valence-corrected chi connectivity index (χ4v) is 1.56. The second-order valence-corrected chi connectivity index (χ2v) is 3.68. The van der Waals surface area contributed by atoms with Crippen molar-refractivity contribution in [3.8, 4) is 11.5 Å². The van der Waals surface area contributed by atoms with Gasteiger partial charge in [0.05, 0.1) is 25.5 Å². The normalized spacial score (nSPS) is 9.84. The number of anilines is 1. The Bertz CT molecular complexity index is 406. The molecule has 1 aromatic carbocycles. The van der Waals surface area contributed by atoms with E-state index in [1.165, 1.54) is 0 Å². The van der Waals surface area contributed by atoms with Gasteiger partial charge < -0.3 is 19.5 Å². The van der Waals surface area contributed by atoms with Crippen LogP contribution in [0.3, 0.4) is 0 Å². The van der Waals surface area contributed by atoms with E-state index in [0.29, 0.717) is 25.6 Å². The fourth-order valence-electron chi connectivity index (χ4n) is 1.56. The standard InChI is InChI=1S/C14H21NO4/c1-4-17-11-7-8-13(18-5-2)12(9-11)15-10-14(16)19-6-3/h7-9,15H,4-6,10H2,1-3H3. The van der Waals surface area contributed by atoms with E-state index in [2.05, 4.69) is 5.32 Å². The molecule has 1 N–H and O–H groups in total.